The molecule has 1 aliphatic rings. The Morgan fingerprint density at radius 3 is 2.52 bits per heavy atom. The zero-order valence-corrected chi connectivity index (χ0v) is 13.7. The van der Waals surface area contributed by atoms with Crippen LogP contribution in [0.25, 0.3) is 0 Å². The molecule has 3 nitrogen and oxygen atoms in total. The summed E-state index contributed by atoms with van der Waals surface area (Å²) < 4.78 is 5.48. The molecule has 116 valence electrons. The van der Waals surface area contributed by atoms with E-state index in [4.69, 9.17) is 4.74 Å². The van der Waals surface area contributed by atoms with E-state index in [1.807, 2.05) is 19.1 Å². The lowest BCUT2D eigenvalue weighted by Gasteiger charge is -2.28. The molecule has 0 bridgehead atoms. The molecule has 3 heteroatoms. The van der Waals surface area contributed by atoms with E-state index in [1.165, 1.54) is 5.56 Å². The Hall–Kier alpha value is -1.51. The molecule has 1 saturated heterocycles. The summed E-state index contributed by atoms with van der Waals surface area (Å²) in [5, 5.41) is 0. The fourth-order valence-corrected chi connectivity index (χ4v) is 2.92. The summed E-state index contributed by atoms with van der Waals surface area (Å²) in [5.41, 5.74) is 1.27. The van der Waals surface area contributed by atoms with Crippen LogP contribution >= 0.6 is 0 Å². The Morgan fingerprint density at radius 2 is 1.95 bits per heavy atom. The van der Waals surface area contributed by atoms with Gasteiger partial charge in [0.05, 0.1) is 12.6 Å². The molecular weight excluding hydrogens is 262 g/mol. The molecule has 0 saturated carbocycles. The first-order valence-electron chi connectivity index (χ1n) is 7.93. The van der Waals surface area contributed by atoms with Crippen molar-refractivity contribution in [2.45, 2.75) is 53.0 Å². The molecule has 1 unspecified atom stereocenters. The van der Waals surface area contributed by atoms with E-state index < -0.39 is 0 Å². The average Bonchev–Trinajstić information content (AvgIpc) is 2.87. The molecule has 0 radical (unpaired) electrons. The van der Waals surface area contributed by atoms with Crippen LogP contribution in [-0.4, -0.2) is 24.0 Å². The highest BCUT2D eigenvalue weighted by molar-refractivity contribution is 5.77. The summed E-state index contributed by atoms with van der Waals surface area (Å²) in [5.74, 6) is 1.17. The number of benzene rings is 1. The molecule has 1 fully saturated rings. The minimum atomic E-state index is 0.0447. The third-order valence-corrected chi connectivity index (χ3v) is 3.83. The summed E-state index contributed by atoms with van der Waals surface area (Å²) in [4.78, 5) is 14.6. The number of likely N-dealkylation sites (tertiary alicyclic amines) is 1. The quantitative estimate of drug-likeness (QED) is 0.832. The second-order valence-electron chi connectivity index (χ2n) is 6.98. The first-order chi connectivity index (χ1) is 9.90. The van der Waals surface area contributed by atoms with Gasteiger partial charge in [-0.05, 0) is 42.9 Å². The second kappa shape index (κ2) is 6.50. The third kappa shape index (κ3) is 4.23. The Bertz CT molecular complexity index is 473. The van der Waals surface area contributed by atoms with Gasteiger partial charge in [-0.25, -0.2) is 0 Å². The van der Waals surface area contributed by atoms with Crippen LogP contribution in [0.2, 0.25) is 0 Å². The van der Waals surface area contributed by atoms with E-state index in [9.17, 15) is 4.79 Å². The highest BCUT2D eigenvalue weighted by Crippen LogP contribution is 2.34. The molecule has 1 atom stereocenters. The standard InChI is InChI=1S/C18H27NO2/c1-5-21-15-10-8-14(9-11-15)16-7-6-12-19(16)17(20)13-18(2,3)4/h8-11,16H,5-7,12-13H2,1-4H3. The molecule has 2 rings (SSSR count). The van der Waals surface area contributed by atoms with E-state index in [1.54, 1.807) is 0 Å². The van der Waals surface area contributed by atoms with Crippen molar-refractivity contribution in [2.24, 2.45) is 5.41 Å². The molecule has 0 spiro atoms. The van der Waals surface area contributed by atoms with Crippen molar-refractivity contribution in [2.75, 3.05) is 13.2 Å². The molecule has 21 heavy (non-hydrogen) atoms. The number of ether oxygens (including phenoxy) is 1. The Morgan fingerprint density at radius 1 is 1.29 bits per heavy atom. The summed E-state index contributed by atoms with van der Waals surface area (Å²) >= 11 is 0. The number of hydrogen-bond donors (Lipinski definition) is 0. The lowest BCUT2D eigenvalue weighted by Crippen LogP contribution is -2.33. The van der Waals surface area contributed by atoms with E-state index in [-0.39, 0.29) is 17.4 Å². The van der Waals surface area contributed by atoms with Crippen molar-refractivity contribution < 1.29 is 9.53 Å². The maximum Gasteiger partial charge on any atom is 0.223 e. The molecule has 0 aliphatic carbocycles. The van der Waals surface area contributed by atoms with Gasteiger partial charge in [0.2, 0.25) is 5.91 Å². The summed E-state index contributed by atoms with van der Waals surface area (Å²) in [7, 11) is 0. The lowest BCUT2D eigenvalue weighted by atomic mass is 9.91. The van der Waals surface area contributed by atoms with Gasteiger partial charge in [-0.1, -0.05) is 32.9 Å². The molecule has 1 aromatic rings. The number of carbonyl (C=O) groups is 1. The van der Waals surface area contributed by atoms with Crippen LogP contribution in [0.15, 0.2) is 24.3 Å². The van der Waals surface area contributed by atoms with Gasteiger partial charge >= 0.3 is 0 Å². The van der Waals surface area contributed by atoms with Gasteiger partial charge in [-0.15, -0.1) is 0 Å². The van der Waals surface area contributed by atoms with E-state index in [0.29, 0.717) is 13.0 Å². The zero-order valence-electron chi connectivity index (χ0n) is 13.7. The minimum Gasteiger partial charge on any atom is -0.494 e. The topological polar surface area (TPSA) is 29.5 Å². The van der Waals surface area contributed by atoms with Crippen molar-refractivity contribution in [3.05, 3.63) is 29.8 Å². The third-order valence-electron chi connectivity index (χ3n) is 3.83. The first kappa shape index (κ1) is 15.9. The highest BCUT2D eigenvalue weighted by Gasteiger charge is 2.31. The monoisotopic (exact) mass is 289 g/mol. The fraction of sp³-hybridized carbons (Fsp3) is 0.611. The van der Waals surface area contributed by atoms with Gasteiger partial charge in [0, 0.05) is 13.0 Å². The fourth-order valence-electron chi connectivity index (χ4n) is 2.92. The maximum atomic E-state index is 12.5. The summed E-state index contributed by atoms with van der Waals surface area (Å²) in [6.45, 7) is 9.90. The number of nitrogens with zero attached hydrogens (tertiary/aromatic N) is 1. The normalized spacial score (nSPS) is 18.9. The van der Waals surface area contributed by atoms with Gasteiger partial charge in [0.1, 0.15) is 5.75 Å². The molecule has 1 heterocycles. The van der Waals surface area contributed by atoms with Crippen LogP contribution < -0.4 is 4.74 Å². The molecular formula is C18H27NO2. The van der Waals surface area contributed by atoms with E-state index in [0.717, 1.165) is 25.1 Å². The molecule has 1 aliphatic heterocycles. The van der Waals surface area contributed by atoms with Gasteiger partial charge in [0.25, 0.3) is 0 Å². The first-order valence-corrected chi connectivity index (χ1v) is 7.93. The van der Waals surface area contributed by atoms with E-state index in [2.05, 4.69) is 37.8 Å². The predicted molar refractivity (Wildman–Crippen MR) is 85.4 cm³/mol. The second-order valence-corrected chi connectivity index (χ2v) is 6.98. The SMILES string of the molecule is CCOc1ccc(C2CCCN2C(=O)CC(C)(C)C)cc1. The molecule has 1 aromatic carbocycles. The number of hydrogen-bond acceptors (Lipinski definition) is 2. The Labute approximate surface area is 128 Å². The van der Waals surface area contributed by atoms with Crippen LogP contribution in [0.5, 0.6) is 5.75 Å². The number of carbonyl (C=O) groups excluding carboxylic acids is 1. The lowest BCUT2D eigenvalue weighted by molar-refractivity contribution is -0.134. The van der Waals surface area contributed by atoms with Crippen molar-refractivity contribution in [1.29, 1.82) is 0 Å². The largest absolute Gasteiger partial charge is 0.494 e. The average molecular weight is 289 g/mol. The molecule has 0 aromatic heterocycles. The smallest absolute Gasteiger partial charge is 0.223 e. The molecule has 0 N–H and O–H groups in total. The maximum absolute atomic E-state index is 12.5. The van der Waals surface area contributed by atoms with E-state index >= 15 is 0 Å². The minimum absolute atomic E-state index is 0.0447. The van der Waals surface area contributed by atoms with Gasteiger partial charge in [-0.2, -0.15) is 0 Å². The zero-order chi connectivity index (χ0) is 15.5. The van der Waals surface area contributed by atoms with Crippen LogP contribution in [0.1, 0.15) is 58.6 Å². The Balaban J connectivity index is 2.09. The highest BCUT2D eigenvalue weighted by atomic mass is 16.5. The van der Waals surface area contributed by atoms with Gasteiger partial charge in [0.15, 0.2) is 0 Å². The molecule has 1 amide bonds. The summed E-state index contributed by atoms with van der Waals surface area (Å²) in [6, 6.07) is 8.43. The summed E-state index contributed by atoms with van der Waals surface area (Å²) in [6.07, 6.45) is 2.76. The van der Waals surface area contributed by atoms with Crippen molar-refractivity contribution in [3.63, 3.8) is 0 Å². The van der Waals surface area contributed by atoms with Crippen molar-refractivity contribution >= 4 is 5.91 Å². The Kier molecular flexibility index (Phi) is 4.92. The predicted octanol–water partition coefficient (Wildman–Crippen LogP) is 4.19. The van der Waals surface area contributed by atoms with Gasteiger partial charge < -0.3 is 9.64 Å². The van der Waals surface area contributed by atoms with Crippen LogP contribution in [-0.2, 0) is 4.79 Å². The van der Waals surface area contributed by atoms with Crippen molar-refractivity contribution in [1.82, 2.24) is 4.90 Å². The number of amides is 1. The van der Waals surface area contributed by atoms with Gasteiger partial charge in [-0.3, -0.25) is 4.79 Å². The van der Waals surface area contributed by atoms with Crippen LogP contribution in [0, 0.1) is 5.41 Å². The van der Waals surface area contributed by atoms with Crippen molar-refractivity contribution in [3.8, 4) is 5.75 Å². The van der Waals surface area contributed by atoms with Crippen LogP contribution in [0.3, 0.4) is 0 Å². The van der Waals surface area contributed by atoms with Crippen LogP contribution in [0.4, 0.5) is 0 Å². The number of rotatable bonds is 4.